The van der Waals surface area contributed by atoms with Crippen LogP contribution in [0.1, 0.15) is 46.0 Å². The van der Waals surface area contributed by atoms with Gasteiger partial charge in [-0.1, -0.05) is 32.3 Å². The molecule has 0 amide bonds. The second kappa shape index (κ2) is 9.30. The van der Waals surface area contributed by atoms with E-state index in [-0.39, 0.29) is 5.97 Å². The molecule has 13 heavy (non-hydrogen) atoms. The van der Waals surface area contributed by atoms with Crippen LogP contribution in [0.4, 0.5) is 0 Å². The number of allylic oxidation sites excluding steroid dienone is 1. The number of esters is 1. The lowest BCUT2D eigenvalue weighted by Gasteiger charge is -1.95. The predicted octanol–water partition coefficient (Wildman–Crippen LogP) is 3.24. The van der Waals surface area contributed by atoms with Crippen molar-refractivity contribution >= 4 is 5.97 Å². The molecule has 0 heterocycles. The average Bonchev–Trinajstić information content (AvgIpc) is 2.09. The molecule has 0 aromatic rings. The molecule has 2 nitrogen and oxygen atoms in total. The van der Waals surface area contributed by atoms with Crippen molar-refractivity contribution in [1.82, 2.24) is 0 Å². The highest BCUT2D eigenvalue weighted by molar-refractivity contribution is 5.66. The van der Waals surface area contributed by atoms with Crippen molar-refractivity contribution in [3.05, 3.63) is 18.8 Å². The minimum atomic E-state index is -0.268. The fraction of sp³-hybridized carbons (Fsp3) is 0.636. The molecule has 0 unspecified atom stereocenters. The number of carbonyl (C=O) groups is 1. The Bertz CT molecular complexity index is 150. The van der Waals surface area contributed by atoms with E-state index in [1.807, 2.05) is 6.08 Å². The summed E-state index contributed by atoms with van der Waals surface area (Å²) < 4.78 is 4.62. The molecule has 0 rings (SSSR count). The molecule has 0 saturated carbocycles. The van der Waals surface area contributed by atoms with Crippen molar-refractivity contribution < 1.29 is 9.53 Å². The zero-order chi connectivity index (χ0) is 9.94. The third-order valence-corrected chi connectivity index (χ3v) is 1.67. The predicted molar refractivity (Wildman–Crippen MR) is 54.0 cm³/mol. The van der Waals surface area contributed by atoms with Crippen molar-refractivity contribution in [3.8, 4) is 0 Å². The summed E-state index contributed by atoms with van der Waals surface area (Å²) in [5.41, 5.74) is 0. The summed E-state index contributed by atoms with van der Waals surface area (Å²) in [6.07, 6.45) is 9.96. The van der Waals surface area contributed by atoms with Gasteiger partial charge in [0.1, 0.15) is 0 Å². The number of rotatable bonds is 7. The molecule has 0 spiro atoms. The molecule has 75 valence electrons. The van der Waals surface area contributed by atoms with E-state index in [0.29, 0.717) is 0 Å². The molecule has 0 atom stereocenters. The van der Waals surface area contributed by atoms with Gasteiger partial charge in [-0.15, -0.1) is 0 Å². The van der Waals surface area contributed by atoms with E-state index in [9.17, 15) is 4.79 Å². The minimum Gasteiger partial charge on any atom is -0.454 e. The Hall–Kier alpha value is -0.790. The van der Waals surface area contributed by atoms with Crippen molar-refractivity contribution in [3.63, 3.8) is 0 Å². The van der Waals surface area contributed by atoms with Gasteiger partial charge in [-0.3, -0.25) is 4.79 Å². The molecule has 0 saturated heterocycles. The van der Waals surface area contributed by atoms with Crippen molar-refractivity contribution in [2.45, 2.75) is 46.0 Å². The van der Waals surface area contributed by atoms with E-state index in [2.05, 4.69) is 11.7 Å². The second-order valence-corrected chi connectivity index (χ2v) is 3.02. The molecule has 0 aromatic carbocycles. The van der Waals surface area contributed by atoms with Crippen LogP contribution in [0.15, 0.2) is 12.2 Å². The maximum atomic E-state index is 10.3. The van der Waals surface area contributed by atoms with Gasteiger partial charge in [0.05, 0.1) is 0 Å². The zero-order valence-electron chi connectivity index (χ0n) is 8.58. The van der Waals surface area contributed by atoms with Gasteiger partial charge >= 0.3 is 5.97 Å². The number of ether oxygens (including phenoxy) is 1. The monoisotopic (exact) mass is 183 g/mol. The van der Waals surface area contributed by atoms with E-state index in [4.69, 9.17) is 0 Å². The number of carbonyl (C=O) groups excluding carboxylic acids is 1. The van der Waals surface area contributed by atoms with Crippen LogP contribution < -0.4 is 0 Å². The largest absolute Gasteiger partial charge is 0.454 e. The first kappa shape index (κ1) is 12.2. The average molecular weight is 183 g/mol. The van der Waals surface area contributed by atoms with Crippen LogP contribution in [0, 0.1) is 6.61 Å². The van der Waals surface area contributed by atoms with E-state index < -0.39 is 0 Å². The third-order valence-electron chi connectivity index (χ3n) is 1.67. The summed E-state index contributed by atoms with van der Waals surface area (Å²) >= 11 is 0. The SMILES string of the molecule is CCCCCCC=C[CH]OC(C)=O. The van der Waals surface area contributed by atoms with Crippen molar-refractivity contribution in [2.75, 3.05) is 0 Å². The molecule has 0 N–H and O–H groups in total. The van der Waals surface area contributed by atoms with Gasteiger partial charge in [-0.25, -0.2) is 0 Å². The first-order chi connectivity index (χ1) is 6.27. The lowest BCUT2D eigenvalue weighted by Crippen LogP contribution is -1.92. The van der Waals surface area contributed by atoms with E-state index >= 15 is 0 Å². The molecule has 0 bridgehead atoms. The summed E-state index contributed by atoms with van der Waals surface area (Å²) in [6, 6.07) is 0. The molecular weight excluding hydrogens is 164 g/mol. The van der Waals surface area contributed by atoms with Crippen LogP contribution in [0.25, 0.3) is 0 Å². The summed E-state index contributed by atoms with van der Waals surface area (Å²) in [5, 5.41) is 0. The number of unbranched alkanes of at least 4 members (excludes halogenated alkanes) is 4. The maximum Gasteiger partial charge on any atom is 0.303 e. The van der Waals surface area contributed by atoms with Crippen molar-refractivity contribution in [1.29, 1.82) is 0 Å². The Morgan fingerprint density at radius 2 is 2.08 bits per heavy atom. The maximum absolute atomic E-state index is 10.3. The van der Waals surface area contributed by atoms with Gasteiger partial charge in [-0.05, 0) is 18.9 Å². The first-order valence-corrected chi connectivity index (χ1v) is 4.93. The normalized spacial score (nSPS) is 10.6. The smallest absolute Gasteiger partial charge is 0.303 e. The highest BCUT2D eigenvalue weighted by atomic mass is 16.5. The summed E-state index contributed by atoms with van der Waals surface area (Å²) in [4.78, 5) is 10.3. The van der Waals surface area contributed by atoms with Crippen LogP contribution in [0.2, 0.25) is 0 Å². The van der Waals surface area contributed by atoms with Gasteiger partial charge in [-0.2, -0.15) is 0 Å². The molecule has 2 heteroatoms. The molecule has 0 aliphatic rings. The molecular formula is C11H19O2. The summed E-state index contributed by atoms with van der Waals surface area (Å²) in [5.74, 6) is -0.268. The van der Waals surface area contributed by atoms with Crippen LogP contribution in [0.5, 0.6) is 0 Å². The highest BCUT2D eigenvalue weighted by Gasteiger charge is 1.88. The third kappa shape index (κ3) is 11.2. The first-order valence-electron chi connectivity index (χ1n) is 4.93. The highest BCUT2D eigenvalue weighted by Crippen LogP contribution is 2.03. The van der Waals surface area contributed by atoms with E-state index in [1.54, 1.807) is 6.08 Å². The molecule has 0 aromatic heterocycles. The van der Waals surface area contributed by atoms with Gasteiger partial charge in [0, 0.05) is 6.92 Å². The summed E-state index contributed by atoms with van der Waals surface area (Å²) in [6.45, 7) is 5.03. The van der Waals surface area contributed by atoms with E-state index in [0.717, 1.165) is 6.42 Å². The molecule has 0 aliphatic heterocycles. The number of hydrogen-bond donors (Lipinski definition) is 0. The van der Waals surface area contributed by atoms with Gasteiger partial charge in [0.15, 0.2) is 6.61 Å². The zero-order valence-corrected chi connectivity index (χ0v) is 8.58. The van der Waals surface area contributed by atoms with Crippen molar-refractivity contribution in [2.24, 2.45) is 0 Å². The molecule has 1 radical (unpaired) electrons. The van der Waals surface area contributed by atoms with Gasteiger partial charge in [0.25, 0.3) is 0 Å². The lowest BCUT2D eigenvalue weighted by molar-refractivity contribution is -0.136. The lowest BCUT2D eigenvalue weighted by atomic mass is 10.1. The van der Waals surface area contributed by atoms with Crippen LogP contribution >= 0.6 is 0 Å². The fourth-order valence-corrected chi connectivity index (χ4v) is 0.976. The fourth-order valence-electron chi connectivity index (χ4n) is 0.976. The Kier molecular flexibility index (Phi) is 8.73. The van der Waals surface area contributed by atoms with Crippen LogP contribution in [-0.4, -0.2) is 5.97 Å². The van der Waals surface area contributed by atoms with Crippen LogP contribution in [0.3, 0.4) is 0 Å². The quantitative estimate of drug-likeness (QED) is 0.447. The van der Waals surface area contributed by atoms with Gasteiger partial charge < -0.3 is 4.74 Å². The Balaban J connectivity index is 3.08. The Labute approximate surface area is 81.0 Å². The minimum absolute atomic E-state index is 0.268. The van der Waals surface area contributed by atoms with Gasteiger partial charge in [0.2, 0.25) is 0 Å². The summed E-state index contributed by atoms with van der Waals surface area (Å²) in [7, 11) is 0. The van der Waals surface area contributed by atoms with E-state index in [1.165, 1.54) is 39.2 Å². The topological polar surface area (TPSA) is 26.3 Å². The number of hydrogen-bond acceptors (Lipinski definition) is 2. The molecule has 0 fully saturated rings. The molecule has 0 aliphatic carbocycles. The Morgan fingerprint density at radius 1 is 1.31 bits per heavy atom. The second-order valence-electron chi connectivity index (χ2n) is 3.02. The standard InChI is InChI=1S/C11H19O2/c1-3-4-5-6-7-8-9-10-13-11(2)12/h8-10H,3-7H2,1-2H3. The van der Waals surface area contributed by atoms with Crippen LogP contribution in [-0.2, 0) is 9.53 Å². The Morgan fingerprint density at radius 3 is 2.69 bits per heavy atom.